The van der Waals surface area contributed by atoms with Gasteiger partial charge >= 0.3 is 12.1 Å². The summed E-state index contributed by atoms with van der Waals surface area (Å²) < 4.78 is 44.8. The number of aromatic nitrogens is 2. The highest BCUT2D eigenvalue weighted by Gasteiger charge is 2.42. The number of esters is 1. The molecular weight excluding hydrogens is 394 g/mol. The maximum Gasteiger partial charge on any atom is 0.436 e. The topological polar surface area (TPSA) is 70.1 Å². The molecule has 0 radical (unpaired) electrons. The van der Waals surface area contributed by atoms with Gasteiger partial charge in [-0.1, -0.05) is 34.8 Å². The molecule has 0 bridgehead atoms. The molecule has 0 unspecified atom stereocenters. The minimum atomic E-state index is -4.94. The van der Waals surface area contributed by atoms with Crippen LogP contribution in [0.5, 0.6) is 0 Å². The van der Waals surface area contributed by atoms with E-state index < -0.39 is 29.2 Å². The summed E-state index contributed by atoms with van der Waals surface area (Å²) in [5.41, 5.74) is 3.14. The van der Waals surface area contributed by atoms with Crippen molar-refractivity contribution in [3.05, 3.63) is 38.5 Å². The fourth-order valence-corrected chi connectivity index (χ4v) is 2.92. The van der Waals surface area contributed by atoms with Crippen LogP contribution in [0.15, 0.2) is 12.1 Å². The Kier molecular flexibility index (Phi) is 5.22. The van der Waals surface area contributed by atoms with Crippen LogP contribution in [0.3, 0.4) is 0 Å². The molecule has 24 heavy (non-hydrogen) atoms. The molecule has 1 heterocycles. The van der Waals surface area contributed by atoms with E-state index in [1.165, 1.54) is 19.1 Å². The Bertz CT molecular complexity index is 783. The highest BCUT2D eigenvalue weighted by atomic mass is 35.5. The van der Waals surface area contributed by atoms with Crippen molar-refractivity contribution in [3.63, 3.8) is 0 Å². The lowest BCUT2D eigenvalue weighted by Gasteiger charge is -2.09. The smallest absolute Gasteiger partial charge is 0.436 e. The molecule has 5 nitrogen and oxygen atoms in total. The second-order valence-electron chi connectivity index (χ2n) is 4.46. The first kappa shape index (κ1) is 18.7. The molecule has 0 spiro atoms. The van der Waals surface area contributed by atoms with E-state index in [1.807, 2.05) is 0 Å². The first-order chi connectivity index (χ1) is 11.1. The molecule has 130 valence electrons. The SMILES string of the molecule is CCOC(=O)c1c(C(F)(F)F)nn(-c2c(Cl)cc(Cl)cc2Cl)c1N. The number of alkyl halides is 3. The van der Waals surface area contributed by atoms with Crippen LogP contribution < -0.4 is 5.73 Å². The molecule has 0 fully saturated rings. The molecule has 1 aromatic heterocycles. The monoisotopic (exact) mass is 401 g/mol. The van der Waals surface area contributed by atoms with E-state index in [9.17, 15) is 18.0 Å². The third-order valence-electron chi connectivity index (χ3n) is 2.86. The predicted octanol–water partition coefficient (Wildman–Crippen LogP) is 4.61. The zero-order valence-corrected chi connectivity index (χ0v) is 14.2. The zero-order chi connectivity index (χ0) is 18.2. The quantitative estimate of drug-likeness (QED) is 0.761. The zero-order valence-electron chi connectivity index (χ0n) is 11.9. The van der Waals surface area contributed by atoms with Gasteiger partial charge in [-0.2, -0.15) is 18.3 Å². The predicted molar refractivity (Wildman–Crippen MR) is 84.0 cm³/mol. The molecule has 0 aliphatic rings. The minimum absolute atomic E-state index is 0.0918. The number of benzene rings is 1. The summed E-state index contributed by atoms with van der Waals surface area (Å²) in [6.07, 6.45) is -4.94. The molecular formula is C13H9Cl3F3N3O2. The number of carbonyl (C=O) groups excluding carboxylic acids is 1. The standard InChI is InChI=1S/C13H9Cl3F3N3O2/c1-2-24-12(23)8-10(13(17,18)19)21-22(11(8)20)9-6(15)3-5(14)4-7(9)16/h3-4H,2,20H2,1H3. The van der Waals surface area contributed by atoms with Gasteiger partial charge in [0, 0.05) is 5.02 Å². The molecule has 0 saturated heterocycles. The molecule has 0 amide bonds. The van der Waals surface area contributed by atoms with Crippen LogP contribution in [0.1, 0.15) is 23.0 Å². The van der Waals surface area contributed by atoms with Gasteiger partial charge in [0.05, 0.1) is 16.7 Å². The second kappa shape index (κ2) is 6.70. The Morgan fingerprint density at radius 3 is 2.29 bits per heavy atom. The van der Waals surface area contributed by atoms with E-state index in [4.69, 9.17) is 40.5 Å². The number of hydrogen-bond donors (Lipinski definition) is 1. The summed E-state index contributed by atoms with van der Waals surface area (Å²) in [5.74, 6) is -1.86. The Hall–Kier alpha value is -1.64. The molecule has 1 aromatic carbocycles. The maximum absolute atomic E-state index is 13.2. The van der Waals surface area contributed by atoms with Crippen molar-refractivity contribution in [3.8, 4) is 5.69 Å². The van der Waals surface area contributed by atoms with Crippen LogP contribution in [0, 0.1) is 0 Å². The molecule has 2 rings (SSSR count). The van der Waals surface area contributed by atoms with Gasteiger partial charge in [-0.05, 0) is 19.1 Å². The van der Waals surface area contributed by atoms with E-state index >= 15 is 0 Å². The second-order valence-corrected chi connectivity index (χ2v) is 5.71. The van der Waals surface area contributed by atoms with Gasteiger partial charge < -0.3 is 10.5 Å². The largest absolute Gasteiger partial charge is 0.462 e. The summed E-state index contributed by atoms with van der Waals surface area (Å²) in [4.78, 5) is 11.9. The lowest BCUT2D eigenvalue weighted by Crippen LogP contribution is -2.15. The molecule has 0 saturated carbocycles. The molecule has 2 N–H and O–H groups in total. The van der Waals surface area contributed by atoms with Gasteiger partial charge in [0.1, 0.15) is 17.1 Å². The van der Waals surface area contributed by atoms with Crippen LogP contribution >= 0.6 is 34.8 Å². The average Bonchev–Trinajstić information content (AvgIpc) is 2.76. The summed E-state index contributed by atoms with van der Waals surface area (Å²) in [5, 5.41) is 3.34. The number of nitrogens with two attached hydrogens (primary N) is 1. The van der Waals surface area contributed by atoms with Crippen molar-refractivity contribution >= 4 is 46.6 Å². The van der Waals surface area contributed by atoms with Crippen LogP contribution in [-0.4, -0.2) is 22.4 Å². The number of carbonyl (C=O) groups is 1. The molecule has 2 aromatic rings. The highest BCUT2D eigenvalue weighted by molar-refractivity contribution is 6.40. The number of hydrogen-bond acceptors (Lipinski definition) is 4. The highest BCUT2D eigenvalue weighted by Crippen LogP contribution is 2.38. The van der Waals surface area contributed by atoms with E-state index in [0.717, 1.165) is 0 Å². The first-order valence-electron chi connectivity index (χ1n) is 6.35. The Labute approximate surface area is 149 Å². The van der Waals surface area contributed by atoms with Crippen molar-refractivity contribution in [1.82, 2.24) is 9.78 Å². The van der Waals surface area contributed by atoms with Crippen molar-refractivity contribution in [2.24, 2.45) is 0 Å². The minimum Gasteiger partial charge on any atom is -0.462 e. The van der Waals surface area contributed by atoms with Crippen LogP contribution in [-0.2, 0) is 10.9 Å². The average molecular weight is 403 g/mol. The normalized spacial score (nSPS) is 11.6. The van der Waals surface area contributed by atoms with Gasteiger partial charge in [-0.25, -0.2) is 9.48 Å². The van der Waals surface area contributed by atoms with E-state index in [1.54, 1.807) is 0 Å². The summed E-state index contributed by atoms with van der Waals surface area (Å²) in [7, 11) is 0. The van der Waals surface area contributed by atoms with Gasteiger partial charge in [-0.15, -0.1) is 0 Å². The molecule has 0 aliphatic heterocycles. The summed E-state index contributed by atoms with van der Waals surface area (Å²) in [6.45, 7) is 1.31. The fraction of sp³-hybridized carbons (Fsp3) is 0.231. The Morgan fingerprint density at radius 2 is 1.83 bits per heavy atom. The van der Waals surface area contributed by atoms with Crippen LogP contribution in [0.25, 0.3) is 5.69 Å². The van der Waals surface area contributed by atoms with E-state index in [2.05, 4.69) is 9.84 Å². The molecule has 0 aliphatic carbocycles. The van der Waals surface area contributed by atoms with Crippen molar-refractivity contribution in [2.45, 2.75) is 13.1 Å². The van der Waals surface area contributed by atoms with Crippen LogP contribution in [0.2, 0.25) is 15.1 Å². The van der Waals surface area contributed by atoms with E-state index in [-0.39, 0.29) is 27.4 Å². The fourth-order valence-electron chi connectivity index (χ4n) is 1.94. The van der Waals surface area contributed by atoms with Gasteiger partial charge in [-0.3, -0.25) is 0 Å². The third kappa shape index (κ3) is 3.40. The lowest BCUT2D eigenvalue weighted by atomic mass is 10.2. The van der Waals surface area contributed by atoms with Crippen molar-refractivity contribution in [2.75, 3.05) is 12.3 Å². The molecule has 11 heteroatoms. The Morgan fingerprint density at radius 1 is 1.29 bits per heavy atom. The number of anilines is 1. The summed E-state index contributed by atoms with van der Waals surface area (Å²) in [6, 6.07) is 2.51. The number of ether oxygens (including phenoxy) is 1. The number of nitrogens with zero attached hydrogens (tertiary/aromatic N) is 2. The summed E-state index contributed by atoms with van der Waals surface area (Å²) >= 11 is 17.7. The lowest BCUT2D eigenvalue weighted by molar-refractivity contribution is -0.141. The third-order valence-corrected chi connectivity index (χ3v) is 3.66. The maximum atomic E-state index is 13.2. The first-order valence-corrected chi connectivity index (χ1v) is 7.49. The number of rotatable bonds is 3. The van der Waals surface area contributed by atoms with Crippen molar-refractivity contribution < 1.29 is 22.7 Å². The van der Waals surface area contributed by atoms with E-state index in [0.29, 0.717) is 4.68 Å². The Balaban J connectivity index is 2.77. The number of halogens is 6. The number of nitrogen functional groups attached to an aromatic ring is 1. The van der Waals surface area contributed by atoms with Gasteiger partial charge in [0.2, 0.25) is 0 Å². The van der Waals surface area contributed by atoms with Gasteiger partial charge in [0.25, 0.3) is 0 Å². The van der Waals surface area contributed by atoms with Crippen LogP contribution in [0.4, 0.5) is 19.0 Å². The van der Waals surface area contributed by atoms with Gasteiger partial charge in [0.15, 0.2) is 5.69 Å². The molecule has 0 atom stereocenters. The van der Waals surface area contributed by atoms with Crippen molar-refractivity contribution in [1.29, 1.82) is 0 Å².